The van der Waals surface area contributed by atoms with Crippen LogP contribution >= 0.6 is 0 Å². The van der Waals surface area contributed by atoms with Gasteiger partial charge in [-0.1, -0.05) is 30.3 Å². The summed E-state index contributed by atoms with van der Waals surface area (Å²) in [5.41, 5.74) is 3.80. The largest absolute Gasteiger partial charge is 0.392 e. The highest BCUT2D eigenvalue weighted by atomic mass is 16.3. The van der Waals surface area contributed by atoms with Gasteiger partial charge in [-0.15, -0.1) is 0 Å². The molecule has 1 atom stereocenters. The molecule has 0 aliphatic carbocycles. The van der Waals surface area contributed by atoms with Gasteiger partial charge in [-0.3, -0.25) is 14.3 Å². The molecule has 3 rings (SSSR count). The molecule has 0 spiro atoms. The Morgan fingerprint density at radius 1 is 1.35 bits per heavy atom. The van der Waals surface area contributed by atoms with E-state index in [0.29, 0.717) is 0 Å². The number of anilines is 1. The second-order valence-electron chi connectivity index (χ2n) is 6.06. The highest BCUT2D eigenvalue weighted by molar-refractivity contribution is 5.99. The molecule has 2 aromatic heterocycles. The van der Waals surface area contributed by atoms with Crippen LogP contribution in [-0.2, 0) is 13.6 Å². The third-order valence-electron chi connectivity index (χ3n) is 3.97. The zero-order chi connectivity index (χ0) is 18.8. The lowest BCUT2D eigenvalue weighted by Gasteiger charge is -2.10. The summed E-state index contributed by atoms with van der Waals surface area (Å²) < 4.78 is 2.76. The van der Waals surface area contributed by atoms with Gasteiger partial charge in [0.25, 0.3) is 5.56 Å². The van der Waals surface area contributed by atoms with Crippen LogP contribution in [0.1, 0.15) is 19.4 Å². The number of hydrogen-bond donors (Lipinski definition) is 3. The van der Waals surface area contributed by atoms with Crippen LogP contribution in [0.15, 0.2) is 45.0 Å². The number of nitrogens with zero attached hydrogens (tertiary/aromatic N) is 4. The molecule has 0 fully saturated rings. The van der Waals surface area contributed by atoms with Gasteiger partial charge in [0.1, 0.15) is 0 Å². The van der Waals surface area contributed by atoms with Crippen molar-refractivity contribution in [1.29, 1.82) is 0 Å². The maximum absolute atomic E-state index is 12.3. The molecule has 136 valence electrons. The predicted molar refractivity (Wildman–Crippen MR) is 99.6 cm³/mol. The Balaban J connectivity index is 2.10. The van der Waals surface area contributed by atoms with Crippen molar-refractivity contribution in [3.63, 3.8) is 0 Å². The first kappa shape index (κ1) is 17.6. The monoisotopic (exact) mass is 356 g/mol. The van der Waals surface area contributed by atoms with Crippen LogP contribution in [0.5, 0.6) is 0 Å². The molecule has 0 aliphatic rings. The van der Waals surface area contributed by atoms with Crippen molar-refractivity contribution in [2.24, 2.45) is 12.1 Å². The van der Waals surface area contributed by atoms with E-state index in [4.69, 9.17) is 0 Å². The fourth-order valence-corrected chi connectivity index (χ4v) is 2.64. The summed E-state index contributed by atoms with van der Waals surface area (Å²) in [4.78, 5) is 30.6. The van der Waals surface area contributed by atoms with Crippen LogP contribution in [0.4, 0.5) is 5.95 Å². The van der Waals surface area contributed by atoms with E-state index >= 15 is 0 Å². The number of aromatic amines is 1. The Bertz CT molecular complexity index is 1080. The van der Waals surface area contributed by atoms with E-state index < -0.39 is 17.4 Å². The summed E-state index contributed by atoms with van der Waals surface area (Å²) in [6.07, 6.45) is -0.719. The average Bonchev–Trinajstić information content (AvgIpc) is 2.97. The van der Waals surface area contributed by atoms with Crippen molar-refractivity contribution in [2.75, 3.05) is 5.43 Å². The fraction of sp³-hybridized carbons (Fsp3) is 0.294. The SMILES string of the molecule is C/C(=N\Nc1nc2c(c(=O)[nH]c(=O)n2C)n1CC(C)O)c1ccccc1. The normalized spacial score (nSPS) is 13.2. The molecule has 0 radical (unpaired) electrons. The molecule has 0 amide bonds. The number of fused-ring (bicyclic) bond motifs is 1. The molecule has 9 heteroatoms. The van der Waals surface area contributed by atoms with E-state index in [-0.39, 0.29) is 23.7 Å². The van der Waals surface area contributed by atoms with Gasteiger partial charge in [0.2, 0.25) is 5.95 Å². The second-order valence-corrected chi connectivity index (χ2v) is 6.06. The number of H-pyrrole nitrogens is 1. The number of hydrazone groups is 1. The van der Waals surface area contributed by atoms with Crippen molar-refractivity contribution >= 4 is 22.8 Å². The second kappa shape index (κ2) is 6.96. The Morgan fingerprint density at radius 3 is 2.69 bits per heavy atom. The summed E-state index contributed by atoms with van der Waals surface area (Å²) in [6.45, 7) is 3.57. The smallest absolute Gasteiger partial charge is 0.329 e. The minimum atomic E-state index is -0.719. The quantitative estimate of drug-likeness (QED) is 0.458. The van der Waals surface area contributed by atoms with Crippen LogP contribution < -0.4 is 16.7 Å². The maximum atomic E-state index is 12.3. The third-order valence-corrected chi connectivity index (χ3v) is 3.97. The van der Waals surface area contributed by atoms with Crippen molar-refractivity contribution in [3.05, 3.63) is 56.7 Å². The molecule has 2 heterocycles. The van der Waals surface area contributed by atoms with Crippen LogP contribution in [0.3, 0.4) is 0 Å². The number of hydrogen-bond acceptors (Lipinski definition) is 6. The Morgan fingerprint density at radius 2 is 2.04 bits per heavy atom. The van der Waals surface area contributed by atoms with Gasteiger partial charge in [-0.25, -0.2) is 10.2 Å². The molecule has 26 heavy (non-hydrogen) atoms. The van der Waals surface area contributed by atoms with E-state index in [1.54, 1.807) is 6.92 Å². The van der Waals surface area contributed by atoms with Crippen LogP contribution in [0.2, 0.25) is 0 Å². The minimum absolute atomic E-state index is 0.125. The summed E-state index contributed by atoms with van der Waals surface area (Å²) in [5, 5.41) is 14.1. The Kier molecular flexibility index (Phi) is 4.72. The summed E-state index contributed by atoms with van der Waals surface area (Å²) in [5.74, 6) is 0.267. The van der Waals surface area contributed by atoms with Crippen molar-refractivity contribution in [2.45, 2.75) is 26.5 Å². The van der Waals surface area contributed by atoms with E-state index in [2.05, 4.69) is 20.5 Å². The number of aliphatic hydroxyl groups is 1. The molecule has 0 bridgehead atoms. The van der Waals surface area contributed by atoms with E-state index in [1.165, 1.54) is 16.2 Å². The zero-order valence-electron chi connectivity index (χ0n) is 14.7. The van der Waals surface area contributed by atoms with Crippen molar-refractivity contribution in [1.82, 2.24) is 19.1 Å². The molecule has 0 aliphatic heterocycles. The van der Waals surface area contributed by atoms with Gasteiger partial charge in [-0.05, 0) is 19.4 Å². The van der Waals surface area contributed by atoms with E-state index in [1.807, 2.05) is 37.3 Å². The van der Waals surface area contributed by atoms with Crippen molar-refractivity contribution < 1.29 is 5.11 Å². The van der Waals surface area contributed by atoms with Crippen LogP contribution in [0.25, 0.3) is 11.2 Å². The molecule has 0 saturated carbocycles. The standard InChI is InChI=1S/C17H20N6O3/c1-10(24)9-23-13-14(22(3)17(26)19-15(13)25)18-16(23)21-20-11(2)12-7-5-4-6-8-12/h4-8,10,24H,9H2,1-3H3,(H,18,21)(H,19,25,26)/b20-11+. The number of benzene rings is 1. The lowest BCUT2D eigenvalue weighted by Crippen LogP contribution is -2.29. The molecule has 3 aromatic rings. The van der Waals surface area contributed by atoms with Gasteiger partial charge >= 0.3 is 5.69 Å². The summed E-state index contributed by atoms with van der Waals surface area (Å²) in [6, 6.07) is 9.58. The topological polar surface area (TPSA) is 117 Å². The highest BCUT2D eigenvalue weighted by Gasteiger charge is 2.18. The summed E-state index contributed by atoms with van der Waals surface area (Å²) in [7, 11) is 1.52. The first-order valence-electron chi connectivity index (χ1n) is 8.12. The lowest BCUT2D eigenvalue weighted by atomic mass is 10.1. The van der Waals surface area contributed by atoms with Gasteiger partial charge in [0.15, 0.2) is 11.2 Å². The molecule has 0 saturated heterocycles. The number of nitrogens with one attached hydrogen (secondary N) is 2. The number of aliphatic hydroxyl groups excluding tert-OH is 1. The minimum Gasteiger partial charge on any atom is -0.392 e. The molecular formula is C17H20N6O3. The van der Waals surface area contributed by atoms with Gasteiger partial charge in [0, 0.05) is 7.05 Å². The molecule has 1 unspecified atom stereocenters. The average molecular weight is 356 g/mol. The van der Waals surface area contributed by atoms with Crippen LogP contribution in [0, 0.1) is 0 Å². The van der Waals surface area contributed by atoms with Crippen LogP contribution in [-0.4, -0.2) is 36.0 Å². The lowest BCUT2D eigenvalue weighted by molar-refractivity contribution is 0.175. The molecule has 9 nitrogen and oxygen atoms in total. The number of rotatable bonds is 5. The maximum Gasteiger partial charge on any atom is 0.329 e. The fourth-order valence-electron chi connectivity index (χ4n) is 2.64. The van der Waals surface area contributed by atoms with Gasteiger partial charge in [-0.2, -0.15) is 10.1 Å². The summed E-state index contributed by atoms with van der Waals surface area (Å²) >= 11 is 0. The van der Waals surface area contributed by atoms with Gasteiger partial charge < -0.3 is 9.67 Å². The third kappa shape index (κ3) is 3.29. The molecule has 1 aromatic carbocycles. The zero-order valence-corrected chi connectivity index (χ0v) is 14.7. The highest BCUT2D eigenvalue weighted by Crippen LogP contribution is 2.16. The predicted octanol–water partition coefficient (Wildman–Crippen LogP) is 0.640. The first-order chi connectivity index (χ1) is 12.4. The molecular weight excluding hydrogens is 336 g/mol. The first-order valence-corrected chi connectivity index (χ1v) is 8.12. The Labute approximate surface area is 148 Å². The van der Waals surface area contributed by atoms with E-state index in [9.17, 15) is 14.7 Å². The number of imidazole rings is 1. The van der Waals surface area contributed by atoms with E-state index in [0.717, 1.165) is 11.3 Å². The Hall–Kier alpha value is -3.20. The number of aryl methyl sites for hydroxylation is 1. The number of aromatic nitrogens is 4. The van der Waals surface area contributed by atoms with Crippen molar-refractivity contribution in [3.8, 4) is 0 Å². The van der Waals surface area contributed by atoms with Gasteiger partial charge in [0.05, 0.1) is 18.4 Å². The molecule has 3 N–H and O–H groups in total.